The van der Waals surface area contributed by atoms with Gasteiger partial charge in [0.15, 0.2) is 0 Å². The molecule has 3 heterocycles. The molecule has 2 aromatic heterocycles. The highest BCUT2D eigenvalue weighted by molar-refractivity contribution is 5.90. The van der Waals surface area contributed by atoms with E-state index in [2.05, 4.69) is 52.5 Å². The third kappa shape index (κ3) is 6.97. The van der Waals surface area contributed by atoms with Crippen LogP contribution in [0.25, 0.3) is 11.6 Å². The van der Waals surface area contributed by atoms with E-state index >= 15 is 0 Å². The number of pyridine rings is 1. The summed E-state index contributed by atoms with van der Waals surface area (Å²) >= 11 is 0. The quantitative estimate of drug-likeness (QED) is 0.440. The zero-order valence-corrected chi connectivity index (χ0v) is 25.7. The van der Waals surface area contributed by atoms with Gasteiger partial charge in [-0.3, -0.25) is 14.7 Å². The van der Waals surface area contributed by atoms with Crippen molar-refractivity contribution in [3.05, 3.63) is 82.7 Å². The van der Waals surface area contributed by atoms with Crippen LogP contribution in [0.2, 0.25) is 0 Å². The predicted molar refractivity (Wildman–Crippen MR) is 165 cm³/mol. The van der Waals surface area contributed by atoms with Gasteiger partial charge in [-0.15, -0.1) is 0 Å². The van der Waals surface area contributed by atoms with E-state index in [0.717, 1.165) is 59.6 Å². The number of methoxy groups -OCH3 is 1. The van der Waals surface area contributed by atoms with Crippen LogP contribution in [-0.2, 0) is 27.7 Å². The van der Waals surface area contributed by atoms with Crippen molar-refractivity contribution < 1.29 is 19.1 Å². The summed E-state index contributed by atoms with van der Waals surface area (Å²) in [6, 6.07) is 10.2. The number of hydrogen-bond acceptors (Lipinski definition) is 7. The first-order chi connectivity index (χ1) is 20.7. The Balaban J connectivity index is 1.58. The Morgan fingerprint density at radius 3 is 2.63 bits per heavy atom. The molecule has 1 N–H and O–H groups in total. The van der Waals surface area contributed by atoms with Crippen molar-refractivity contribution in [1.29, 1.82) is 0 Å². The maximum atomic E-state index is 13.0. The Morgan fingerprint density at radius 1 is 1.14 bits per heavy atom. The third-order valence-electron chi connectivity index (χ3n) is 8.15. The van der Waals surface area contributed by atoms with Gasteiger partial charge in [0.2, 0.25) is 5.91 Å². The number of benzene rings is 1. The fraction of sp³-hybridized carbons (Fsp3) is 0.455. The lowest BCUT2D eigenvalue weighted by atomic mass is 9.88. The lowest BCUT2D eigenvalue weighted by Gasteiger charge is -2.39. The minimum Gasteiger partial charge on any atom is -0.447 e. The van der Waals surface area contributed by atoms with Crippen LogP contribution in [0.3, 0.4) is 0 Å². The Morgan fingerprint density at radius 2 is 1.93 bits per heavy atom. The highest BCUT2D eigenvalue weighted by Gasteiger charge is 2.32. The highest BCUT2D eigenvalue weighted by Crippen LogP contribution is 2.39. The number of nitrogens with one attached hydrogen (secondary N) is 1. The number of nitrogens with zero attached hydrogens (tertiary/aromatic N) is 5. The SMILES string of the molecule is COCC(=O)N[C@H](/C1=C/c2cccnc2C(N2CCN(C(=O)OC(C)C)CC2)CCc2ccc(C)cc21)c1cncn1C. The molecule has 0 radical (unpaired) electrons. The average Bonchev–Trinajstić information content (AvgIpc) is 3.43. The number of amides is 2. The largest absolute Gasteiger partial charge is 0.447 e. The molecule has 1 unspecified atom stereocenters. The molecule has 1 saturated heterocycles. The second-order valence-corrected chi connectivity index (χ2v) is 11.6. The molecule has 0 spiro atoms. The van der Waals surface area contributed by atoms with Crippen molar-refractivity contribution >= 4 is 23.6 Å². The number of fused-ring (bicyclic) bond motifs is 2. The molecule has 2 amide bonds. The van der Waals surface area contributed by atoms with Crippen molar-refractivity contribution in [2.45, 2.75) is 51.8 Å². The van der Waals surface area contributed by atoms with Crippen molar-refractivity contribution in [1.82, 2.24) is 29.7 Å². The molecule has 1 aliphatic heterocycles. The molecule has 10 heteroatoms. The van der Waals surface area contributed by atoms with Gasteiger partial charge in [0.05, 0.1) is 42.1 Å². The number of ether oxygens (including phenoxy) is 2. The maximum Gasteiger partial charge on any atom is 0.410 e. The first-order valence-electron chi connectivity index (χ1n) is 15.0. The van der Waals surface area contributed by atoms with Gasteiger partial charge in [-0.05, 0) is 68.0 Å². The van der Waals surface area contributed by atoms with Crippen LogP contribution >= 0.6 is 0 Å². The Labute approximate surface area is 253 Å². The highest BCUT2D eigenvalue weighted by atomic mass is 16.6. The summed E-state index contributed by atoms with van der Waals surface area (Å²) in [7, 11) is 3.46. The van der Waals surface area contributed by atoms with Gasteiger partial charge in [-0.2, -0.15) is 0 Å². The lowest BCUT2D eigenvalue weighted by molar-refractivity contribution is -0.125. The van der Waals surface area contributed by atoms with E-state index in [4.69, 9.17) is 14.5 Å². The van der Waals surface area contributed by atoms with Gasteiger partial charge in [0, 0.05) is 46.5 Å². The second kappa shape index (κ2) is 13.5. The fourth-order valence-electron chi connectivity index (χ4n) is 6.06. The number of rotatable bonds is 7. The Kier molecular flexibility index (Phi) is 9.57. The first kappa shape index (κ1) is 30.4. The Bertz CT molecular complexity index is 1470. The minimum atomic E-state index is -0.462. The van der Waals surface area contributed by atoms with Gasteiger partial charge in [0.25, 0.3) is 0 Å². The molecule has 3 aromatic rings. The molecule has 0 saturated carbocycles. The molecule has 2 atom stereocenters. The normalized spacial score (nSPS) is 19.3. The van der Waals surface area contributed by atoms with E-state index in [1.165, 1.54) is 12.7 Å². The molecule has 0 bridgehead atoms. The van der Waals surface area contributed by atoms with Crippen LogP contribution in [-0.4, -0.2) is 82.3 Å². The van der Waals surface area contributed by atoms with Gasteiger partial charge in [-0.1, -0.05) is 29.8 Å². The van der Waals surface area contributed by atoms with Gasteiger partial charge >= 0.3 is 6.09 Å². The van der Waals surface area contributed by atoms with Crippen molar-refractivity contribution in [2.75, 3.05) is 39.9 Å². The Hall–Kier alpha value is -4.02. The summed E-state index contributed by atoms with van der Waals surface area (Å²) in [6.45, 7) is 8.47. The summed E-state index contributed by atoms with van der Waals surface area (Å²) in [4.78, 5) is 39.1. The topological polar surface area (TPSA) is 102 Å². The molecule has 1 aromatic carbocycles. The fourth-order valence-corrected chi connectivity index (χ4v) is 6.06. The molecule has 5 rings (SSSR count). The minimum absolute atomic E-state index is 0.0424. The van der Waals surface area contributed by atoms with Gasteiger partial charge in [-0.25, -0.2) is 9.78 Å². The standard InChI is InChI=1S/C33H42N6O4/c1-22(2)43-33(41)39-15-13-38(14-16-39)28-11-10-24-9-8-23(3)17-26(24)27(18-25-7-6-12-35-31(25)28)32(36-30(40)20-42-5)29-19-34-21-37(29)4/h6-9,12,17-19,21-22,28,32H,10-11,13-16,20H2,1-5H3,(H,36,40)/b27-18+/t28?,32-/m1/s1. The molecule has 10 nitrogen and oxygen atoms in total. The van der Waals surface area contributed by atoms with Crippen LogP contribution in [0.5, 0.6) is 0 Å². The van der Waals surface area contributed by atoms with Crippen molar-refractivity contribution in [3.63, 3.8) is 0 Å². The number of aryl methyl sites for hydroxylation is 3. The zero-order chi connectivity index (χ0) is 30.5. The first-order valence-corrected chi connectivity index (χ1v) is 15.0. The monoisotopic (exact) mass is 586 g/mol. The van der Waals surface area contributed by atoms with Crippen LogP contribution in [0.15, 0.2) is 49.1 Å². The maximum absolute atomic E-state index is 13.0. The van der Waals surface area contributed by atoms with Crippen LogP contribution in [0.1, 0.15) is 66.0 Å². The number of aromatic nitrogens is 3. The molecule has 1 fully saturated rings. The third-order valence-corrected chi connectivity index (χ3v) is 8.15. The molecular formula is C33H42N6O4. The van der Waals surface area contributed by atoms with Gasteiger partial charge in [0.1, 0.15) is 6.61 Å². The molecular weight excluding hydrogens is 544 g/mol. The summed E-state index contributed by atoms with van der Waals surface area (Å²) in [5.41, 5.74) is 7.30. The smallest absolute Gasteiger partial charge is 0.410 e. The molecule has 228 valence electrons. The number of hydrogen-bond donors (Lipinski definition) is 1. The van der Waals surface area contributed by atoms with Crippen LogP contribution < -0.4 is 5.32 Å². The predicted octanol–water partition coefficient (Wildman–Crippen LogP) is 4.32. The van der Waals surface area contributed by atoms with Crippen molar-refractivity contribution in [2.24, 2.45) is 7.05 Å². The number of carbonyl (C=O) groups excluding carboxylic acids is 2. The van der Waals surface area contributed by atoms with Crippen molar-refractivity contribution in [3.8, 4) is 0 Å². The average molecular weight is 587 g/mol. The number of carbonyl (C=O) groups is 2. The van der Waals surface area contributed by atoms with E-state index in [0.29, 0.717) is 13.1 Å². The van der Waals surface area contributed by atoms with E-state index < -0.39 is 6.04 Å². The van der Waals surface area contributed by atoms with E-state index in [-0.39, 0.29) is 30.8 Å². The van der Waals surface area contributed by atoms with Crippen LogP contribution in [0.4, 0.5) is 4.79 Å². The zero-order valence-electron chi connectivity index (χ0n) is 25.7. The summed E-state index contributed by atoms with van der Waals surface area (Å²) in [6.07, 6.45) is 8.88. The molecule has 2 aliphatic rings. The number of imidazole rings is 1. The summed E-state index contributed by atoms with van der Waals surface area (Å²) < 4.78 is 12.6. The van der Waals surface area contributed by atoms with E-state index in [1.54, 1.807) is 17.4 Å². The number of piperazine rings is 1. The van der Waals surface area contributed by atoms with E-state index in [1.807, 2.05) is 37.7 Å². The van der Waals surface area contributed by atoms with Gasteiger partial charge < -0.3 is 24.3 Å². The second-order valence-electron chi connectivity index (χ2n) is 11.6. The van der Waals surface area contributed by atoms with E-state index in [9.17, 15) is 9.59 Å². The summed E-state index contributed by atoms with van der Waals surface area (Å²) in [5.74, 6) is -0.207. The summed E-state index contributed by atoms with van der Waals surface area (Å²) in [5, 5.41) is 3.22. The lowest BCUT2D eigenvalue weighted by Crippen LogP contribution is -2.50. The van der Waals surface area contributed by atoms with Crippen LogP contribution in [0, 0.1) is 6.92 Å². The molecule has 43 heavy (non-hydrogen) atoms. The molecule has 1 aliphatic carbocycles.